The predicted molar refractivity (Wildman–Crippen MR) is 86.3 cm³/mol. The standard InChI is InChI=1S/C17H19F2NO7/c1-8(13(16(24)26-2)17(25)27-3)14(15(22)23)20-12(21)7-9-10(18)5-4-6-11(9)19/h4-6,8,13-14H,7H2,1-3H3,(H,20,21)(H,22,23)/t8-,14-/m0/s1. The number of hydrogen-bond acceptors (Lipinski definition) is 6. The third-order valence-electron chi connectivity index (χ3n) is 3.94. The summed E-state index contributed by atoms with van der Waals surface area (Å²) in [6.07, 6.45) is -0.768. The molecule has 2 atom stereocenters. The number of amides is 1. The van der Waals surface area contributed by atoms with E-state index in [0.29, 0.717) is 0 Å². The van der Waals surface area contributed by atoms with Crippen LogP contribution in [0.5, 0.6) is 0 Å². The van der Waals surface area contributed by atoms with Gasteiger partial charge in [0.05, 0.1) is 20.6 Å². The largest absolute Gasteiger partial charge is 0.480 e. The molecule has 0 aromatic heterocycles. The highest BCUT2D eigenvalue weighted by Gasteiger charge is 2.42. The second kappa shape index (κ2) is 9.60. The van der Waals surface area contributed by atoms with Crippen molar-refractivity contribution >= 4 is 23.8 Å². The fraction of sp³-hybridized carbons (Fsp3) is 0.412. The maximum Gasteiger partial charge on any atom is 0.326 e. The normalized spacial score (nSPS) is 12.8. The maximum atomic E-state index is 13.6. The Hall–Kier alpha value is -3.04. The van der Waals surface area contributed by atoms with Crippen molar-refractivity contribution in [2.24, 2.45) is 11.8 Å². The molecule has 8 nitrogen and oxygen atoms in total. The van der Waals surface area contributed by atoms with Crippen LogP contribution < -0.4 is 5.32 Å². The molecule has 148 valence electrons. The van der Waals surface area contributed by atoms with E-state index in [4.69, 9.17) is 0 Å². The van der Waals surface area contributed by atoms with E-state index in [-0.39, 0.29) is 0 Å². The van der Waals surface area contributed by atoms with Crippen molar-refractivity contribution in [3.8, 4) is 0 Å². The summed E-state index contributed by atoms with van der Waals surface area (Å²) in [6.45, 7) is 1.22. The van der Waals surface area contributed by atoms with Gasteiger partial charge in [-0.15, -0.1) is 0 Å². The summed E-state index contributed by atoms with van der Waals surface area (Å²) in [5.41, 5.74) is -0.538. The molecule has 0 aliphatic rings. The third kappa shape index (κ3) is 5.47. The van der Waals surface area contributed by atoms with Crippen molar-refractivity contribution in [3.63, 3.8) is 0 Å². The molecule has 1 rings (SSSR count). The molecule has 0 heterocycles. The first-order valence-corrected chi connectivity index (χ1v) is 7.74. The maximum absolute atomic E-state index is 13.6. The third-order valence-corrected chi connectivity index (χ3v) is 3.94. The number of benzene rings is 1. The molecule has 0 unspecified atom stereocenters. The Morgan fingerprint density at radius 2 is 1.56 bits per heavy atom. The average molecular weight is 387 g/mol. The van der Waals surface area contributed by atoms with Crippen molar-refractivity contribution in [2.45, 2.75) is 19.4 Å². The molecule has 27 heavy (non-hydrogen) atoms. The summed E-state index contributed by atoms with van der Waals surface area (Å²) >= 11 is 0. The van der Waals surface area contributed by atoms with E-state index in [1.807, 2.05) is 0 Å². The zero-order valence-electron chi connectivity index (χ0n) is 14.8. The van der Waals surface area contributed by atoms with Crippen LogP contribution in [0.15, 0.2) is 18.2 Å². The van der Waals surface area contributed by atoms with Gasteiger partial charge in [-0.1, -0.05) is 13.0 Å². The zero-order chi connectivity index (χ0) is 20.7. The molecular weight excluding hydrogens is 368 g/mol. The monoisotopic (exact) mass is 387 g/mol. The smallest absolute Gasteiger partial charge is 0.326 e. The summed E-state index contributed by atoms with van der Waals surface area (Å²) in [7, 11) is 2.00. The lowest BCUT2D eigenvalue weighted by Gasteiger charge is -2.26. The van der Waals surface area contributed by atoms with E-state index < -0.39 is 65.3 Å². The zero-order valence-corrected chi connectivity index (χ0v) is 14.8. The number of rotatable bonds is 8. The molecule has 0 saturated heterocycles. The molecule has 2 N–H and O–H groups in total. The first-order valence-electron chi connectivity index (χ1n) is 7.74. The number of carboxylic acids is 1. The van der Waals surface area contributed by atoms with E-state index in [0.717, 1.165) is 32.4 Å². The quantitative estimate of drug-likeness (QED) is 0.497. The fourth-order valence-corrected chi connectivity index (χ4v) is 2.48. The van der Waals surface area contributed by atoms with Gasteiger partial charge in [-0.25, -0.2) is 13.6 Å². The Bertz CT molecular complexity index is 702. The molecule has 0 fully saturated rings. The Morgan fingerprint density at radius 1 is 1.07 bits per heavy atom. The van der Waals surface area contributed by atoms with E-state index in [1.165, 1.54) is 6.92 Å². The van der Waals surface area contributed by atoms with Crippen LogP contribution in [0.1, 0.15) is 12.5 Å². The van der Waals surface area contributed by atoms with E-state index in [9.17, 15) is 33.1 Å². The topological polar surface area (TPSA) is 119 Å². The van der Waals surface area contributed by atoms with Crippen LogP contribution in [-0.2, 0) is 35.1 Å². The first-order chi connectivity index (χ1) is 12.6. The molecule has 1 amide bonds. The molecule has 1 aromatic carbocycles. The molecule has 0 aliphatic heterocycles. The van der Waals surface area contributed by atoms with Crippen LogP contribution in [-0.4, -0.2) is 49.2 Å². The Morgan fingerprint density at radius 3 is 1.96 bits per heavy atom. The number of carboxylic acid groups (broad SMARTS) is 1. The van der Waals surface area contributed by atoms with Crippen LogP contribution in [0.4, 0.5) is 8.78 Å². The van der Waals surface area contributed by atoms with E-state index in [1.54, 1.807) is 0 Å². The van der Waals surface area contributed by atoms with Crippen molar-refractivity contribution in [3.05, 3.63) is 35.4 Å². The summed E-state index contributed by atoms with van der Waals surface area (Å²) in [5.74, 6) is -9.47. The van der Waals surface area contributed by atoms with Crippen LogP contribution in [0.25, 0.3) is 0 Å². The summed E-state index contributed by atoms with van der Waals surface area (Å²) in [6, 6.07) is 1.31. The van der Waals surface area contributed by atoms with Gasteiger partial charge in [0.15, 0.2) is 5.92 Å². The van der Waals surface area contributed by atoms with Crippen molar-refractivity contribution in [2.75, 3.05) is 14.2 Å². The average Bonchev–Trinajstić information content (AvgIpc) is 2.62. The van der Waals surface area contributed by atoms with Gasteiger partial charge < -0.3 is 19.9 Å². The Balaban J connectivity index is 3.03. The molecule has 0 bridgehead atoms. The van der Waals surface area contributed by atoms with Gasteiger partial charge in [0.2, 0.25) is 5.91 Å². The number of aliphatic carboxylic acids is 1. The molecule has 0 radical (unpaired) electrons. The molecule has 0 saturated carbocycles. The summed E-state index contributed by atoms with van der Waals surface area (Å²) in [4.78, 5) is 47.3. The first kappa shape index (κ1) is 22.0. The number of carbonyl (C=O) groups is 4. The summed E-state index contributed by atoms with van der Waals surface area (Å²) in [5, 5.41) is 11.4. The molecule has 1 aromatic rings. The lowest BCUT2D eigenvalue weighted by atomic mass is 9.87. The van der Waals surface area contributed by atoms with Gasteiger partial charge in [-0.05, 0) is 12.1 Å². The van der Waals surface area contributed by atoms with Gasteiger partial charge in [0.25, 0.3) is 0 Å². The minimum Gasteiger partial charge on any atom is -0.480 e. The number of nitrogens with one attached hydrogen (secondary N) is 1. The van der Waals surface area contributed by atoms with Gasteiger partial charge in [-0.2, -0.15) is 0 Å². The highest BCUT2D eigenvalue weighted by molar-refractivity contribution is 5.96. The van der Waals surface area contributed by atoms with Crippen molar-refractivity contribution < 1.29 is 42.5 Å². The number of esters is 2. The van der Waals surface area contributed by atoms with Crippen LogP contribution >= 0.6 is 0 Å². The minimum atomic E-state index is -1.71. The lowest BCUT2D eigenvalue weighted by Crippen LogP contribution is -2.51. The SMILES string of the molecule is COC(=O)C(C(=O)OC)[C@H](C)[C@H](NC(=O)Cc1c(F)cccc1F)C(=O)O. The number of carbonyl (C=O) groups excluding carboxylic acids is 3. The van der Waals surface area contributed by atoms with Crippen LogP contribution in [0, 0.1) is 23.5 Å². The minimum absolute atomic E-state index is 0.538. The predicted octanol–water partition coefficient (Wildman–Crippen LogP) is 0.675. The van der Waals surface area contributed by atoms with Gasteiger partial charge in [0, 0.05) is 11.5 Å². The van der Waals surface area contributed by atoms with Gasteiger partial charge in [-0.3, -0.25) is 14.4 Å². The Kier molecular flexibility index (Phi) is 7.82. The van der Waals surface area contributed by atoms with Crippen LogP contribution in [0.3, 0.4) is 0 Å². The highest BCUT2D eigenvalue weighted by atomic mass is 19.1. The fourth-order valence-electron chi connectivity index (χ4n) is 2.48. The number of methoxy groups -OCH3 is 2. The Labute approximate surface area is 153 Å². The molecule has 10 heteroatoms. The van der Waals surface area contributed by atoms with Crippen molar-refractivity contribution in [1.29, 1.82) is 0 Å². The van der Waals surface area contributed by atoms with Crippen LogP contribution in [0.2, 0.25) is 0 Å². The number of halogens is 2. The van der Waals surface area contributed by atoms with Crippen molar-refractivity contribution in [1.82, 2.24) is 5.32 Å². The highest BCUT2D eigenvalue weighted by Crippen LogP contribution is 2.20. The number of hydrogen-bond donors (Lipinski definition) is 2. The molecule has 0 aliphatic carbocycles. The molecular formula is C17H19F2NO7. The van der Waals surface area contributed by atoms with E-state index >= 15 is 0 Å². The lowest BCUT2D eigenvalue weighted by molar-refractivity contribution is -0.163. The summed E-state index contributed by atoms with van der Waals surface area (Å²) < 4.78 is 36.2. The number of ether oxygens (including phenoxy) is 2. The second-order valence-corrected chi connectivity index (χ2v) is 5.64. The van der Waals surface area contributed by atoms with Gasteiger partial charge in [0.1, 0.15) is 17.7 Å². The molecule has 0 spiro atoms. The van der Waals surface area contributed by atoms with Gasteiger partial charge >= 0.3 is 17.9 Å². The van der Waals surface area contributed by atoms with E-state index in [2.05, 4.69) is 14.8 Å². The second-order valence-electron chi connectivity index (χ2n) is 5.64.